The van der Waals surface area contributed by atoms with E-state index in [2.05, 4.69) is 43.0 Å². The topological polar surface area (TPSA) is 58.0 Å². The summed E-state index contributed by atoms with van der Waals surface area (Å²) < 4.78 is 0. The Labute approximate surface area is 126 Å². The van der Waals surface area contributed by atoms with Crippen LogP contribution in [0.15, 0.2) is 24.4 Å². The number of nitrogens with one attached hydrogen (secondary N) is 1. The molecule has 0 bridgehead atoms. The Hall–Kier alpha value is -1.94. The molecule has 2 aromatic rings. The largest absolute Gasteiger partial charge is 0.392 e. The van der Waals surface area contributed by atoms with Crippen LogP contribution < -0.4 is 5.32 Å². The van der Waals surface area contributed by atoms with Crippen LogP contribution in [0.2, 0.25) is 0 Å². The molecule has 0 unspecified atom stereocenters. The minimum atomic E-state index is 0.0824. The van der Waals surface area contributed by atoms with Crippen LogP contribution in [0.1, 0.15) is 47.8 Å². The summed E-state index contributed by atoms with van der Waals surface area (Å²) in [4.78, 5) is 8.79. The number of aliphatic hydroxyl groups is 1. The van der Waals surface area contributed by atoms with Crippen LogP contribution >= 0.6 is 0 Å². The van der Waals surface area contributed by atoms with E-state index >= 15 is 0 Å². The number of benzene rings is 1. The van der Waals surface area contributed by atoms with Crippen LogP contribution in [-0.4, -0.2) is 15.1 Å². The molecule has 4 heteroatoms. The summed E-state index contributed by atoms with van der Waals surface area (Å²) in [7, 11) is 0. The van der Waals surface area contributed by atoms with Crippen LogP contribution in [0.3, 0.4) is 0 Å². The zero-order valence-electron chi connectivity index (χ0n) is 13.1. The van der Waals surface area contributed by atoms with E-state index in [1.165, 1.54) is 16.7 Å². The van der Waals surface area contributed by atoms with E-state index in [1.54, 1.807) is 6.20 Å². The fraction of sp³-hybridized carbons (Fsp3) is 0.412. The van der Waals surface area contributed by atoms with Crippen molar-refractivity contribution in [3.8, 4) is 0 Å². The van der Waals surface area contributed by atoms with Gasteiger partial charge >= 0.3 is 0 Å². The summed E-state index contributed by atoms with van der Waals surface area (Å²) in [6.45, 7) is 9.12. The second kappa shape index (κ2) is 6.68. The molecule has 0 atom stereocenters. The van der Waals surface area contributed by atoms with Crippen LogP contribution in [0, 0.1) is 13.8 Å². The second-order valence-electron chi connectivity index (χ2n) is 5.67. The van der Waals surface area contributed by atoms with E-state index < -0.39 is 0 Å². The molecule has 2 N–H and O–H groups in total. The van der Waals surface area contributed by atoms with Gasteiger partial charge in [0.05, 0.1) is 6.61 Å². The van der Waals surface area contributed by atoms with E-state index in [1.807, 2.05) is 18.2 Å². The van der Waals surface area contributed by atoms with Gasteiger partial charge in [-0.15, -0.1) is 0 Å². The Morgan fingerprint density at radius 1 is 1.19 bits per heavy atom. The number of rotatable bonds is 5. The maximum Gasteiger partial charge on any atom is 0.133 e. The van der Waals surface area contributed by atoms with Gasteiger partial charge in [-0.1, -0.05) is 26.0 Å². The third-order valence-corrected chi connectivity index (χ3v) is 3.58. The first kappa shape index (κ1) is 15.4. The number of hydrogen-bond acceptors (Lipinski definition) is 4. The van der Waals surface area contributed by atoms with E-state index in [9.17, 15) is 5.11 Å². The Bertz CT molecular complexity index is 600. The molecule has 2 rings (SSSR count). The van der Waals surface area contributed by atoms with Crippen molar-refractivity contribution >= 4 is 5.82 Å². The molecule has 0 aliphatic carbocycles. The summed E-state index contributed by atoms with van der Waals surface area (Å²) in [6, 6.07) is 5.95. The Morgan fingerprint density at radius 2 is 1.86 bits per heavy atom. The van der Waals surface area contributed by atoms with Crippen LogP contribution in [-0.2, 0) is 13.2 Å². The molecule has 0 aliphatic heterocycles. The average Bonchev–Trinajstić information content (AvgIpc) is 2.46. The molecule has 0 spiro atoms. The molecule has 0 saturated heterocycles. The number of aryl methyl sites for hydroxylation is 2. The SMILES string of the molecule is Cc1cc(CO)cc(C)c1CNc1ccnc(C(C)C)n1. The minimum Gasteiger partial charge on any atom is -0.392 e. The number of nitrogens with zero attached hydrogens (tertiary/aromatic N) is 2. The summed E-state index contributed by atoms with van der Waals surface area (Å²) in [6.07, 6.45) is 1.79. The van der Waals surface area contributed by atoms with Gasteiger partial charge in [0.15, 0.2) is 0 Å². The van der Waals surface area contributed by atoms with Crippen LogP contribution in [0.25, 0.3) is 0 Å². The van der Waals surface area contributed by atoms with Gasteiger partial charge in [-0.2, -0.15) is 0 Å². The molecule has 21 heavy (non-hydrogen) atoms. The van der Waals surface area contributed by atoms with Crippen molar-refractivity contribution in [2.45, 2.75) is 46.8 Å². The van der Waals surface area contributed by atoms with Crippen molar-refractivity contribution in [2.75, 3.05) is 5.32 Å². The third-order valence-electron chi connectivity index (χ3n) is 3.58. The average molecular weight is 285 g/mol. The molecular formula is C17H23N3O. The van der Waals surface area contributed by atoms with Gasteiger partial charge in [0.2, 0.25) is 0 Å². The van der Waals surface area contributed by atoms with Crippen molar-refractivity contribution in [1.29, 1.82) is 0 Å². The quantitative estimate of drug-likeness (QED) is 0.884. The van der Waals surface area contributed by atoms with Gasteiger partial charge in [-0.05, 0) is 42.2 Å². The lowest BCUT2D eigenvalue weighted by Gasteiger charge is -2.14. The molecule has 1 aromatic heterocycles. The highest BCUT2D eigenvalue weighted by molar-refractivity contribution is 5.42. The summed E-state index contributed by atoms with van der Waals surface area (Å²) in [5, 5.41) is 12.6. The molecular weight excluding hydrogens is 262 g/mol. The van der Waals surface area contributed by atoms with Gasteiger partial charge in [0, 0.05) is 18.7 Å². The monoisotopic (exact) mass is 285 g/mol. The fourth-order valence-electron chi connectivity index (χ4n) is 2.38. The third kappa shape index (κ3) is 3.79. The second-order valence-corrected chi connectivity index (χ2v) is 5.67. The summed E-state index contributed by atoms with van der Waals surface area (Å²) in [5.74, 6) is 2.02. The first-order valence-electron chi connectivity index (χ1n) is 7.28. The van der Waals surface area contributed by atoms with E-state index in [4.69, 9.17) is 0 Å². The highest BCUT2D eigenvalue weighted by Crippen LogP contribution is 2.19. The molecule has 1 aromatic carbocycles. The Balaban J connectivity index is 2.15. The summed E-state index contributed by atoms with van der Waals surface area (Å²) >= 11 is 0. The molecule has 0 fully saturated rings. The molecule has 0 saturated carbocycles. The lowest BCUT2D eigenvalue weighted by Crippen LogP contribution is -2.07. The minimum absolute atomic E-state index is 0.0824. The maximum atomic E-state index is 9.24. The maximum absolute atomic E-state index is 9.24. The lowest BCUT2D eigenvalue weighted by atomic mass is 9.99. The first-order valence-corrected chi connectivity index (χ1v) is 7.28. The molecule has 4 nitrogen and oxygen atoms in total. The molecule has 0 aliphatic rings. The molecule has 1 heterocycles. The molecule has 112 valence electrons. The highest BCUT2D eigenvalue weighted by atomic mass is 16.3. The van der Waals surface area contributed by atoms with Gasteiger partial charge in [0.25, 0.3) is 0 Å². The zero-order chi connectivity index (χ0) is 15.4. The van der Waals surface area contributed by atoms with Gasteiger partial charge in [0.1, 0.15) is 11.6 Å². The fourth-order valence-corrected chi connectivity index (χ4v) is 2.38. The van der Waals surface area contributed by atoms with Gasteiger partial charge < -0.3 is 10.4 Å². The molecule has 0 radical (unpaired) electrons. The van der Waals surface area contributed by atoms with E-state index in [-0.39, 0.29) is 6.61 Å². The van der Waals surface area contributed by atoms with Gasteiger partial charge in [-0.25, -0.2) is 9.97 Å². The predicted molar refractivity (Wildman–Crippen MR) is 85.3 cm³/mol. The number of aliphatic hydroxyl groups excluding tert-OH is 1. The Kier molecular flexibility index (Phi) is 4.91. The van der Waals surface area contributed by atoms with Crippen molar-refractivity contribution in [3.63, 3.8) is 0 Å². The summed E-state index contributed by atoms with van der Waals surface area (Å²) in [5.41, 5.74) is 4.57. The zero-order valence-corrected chi connectivity index (χ0v) is 13.1. The van der Waals surface area contributed by atoms with Crippen molar-refractivity contribution in [1.82, 2.24) is 9.97 Å². The Morgan fingerprint density at radius 3 is 2.43 bits per heavy atom. The lowest BCUT2D eigenvalue weighted by molar-refractivity contribution is 0.281. The normalized spacial score (nSPS) is 11.0. The van der Waals surface area contributed by atoms with Gasteiger partial charge in [-0.3, -0.25) is 0 Å². The van der Waals surface area contributed by atoms with Crippen molar-refractivity contribution in [3.05, 3.63) is 52.5 Å². The van der Waals surface area contributed by atoms with E-state index in [0.29, 0.717) is 5.92 Å². The van der Waals surface area contributed by atoms with Crippen molar-refractivity contribution < 1.29 is 5.11 Å². The van der Waals surface area contributed by atoms with Crippen LogP contribution in [0.5, 0.6) is 0 Å². The number of anilines is 1. The number of hydrogen-bond donors (Lipinski definition) is 2. The highest BCUT2D eigenvalue weighted by Gasteiger charge is 2.07. The standard InChI is InChI=1S/C17H23N3O/c1-11(2)17-18-6-5-16(20-17)19-9-15-12(3)7-14(10-21)8-13(15)4/h5-8,11,21H,9-10H2,1-4H3,(H,18,19,20). The molecule has 0 amide bonds. The predicted octanol–water partition coefficient (Wildman–Crippen LogP) is 3.32. The smallest absolute Gasteiger partial charge is 0.133 e. The van der Waals surface area contributed by atoms with E-state index in [0.717, 1.165) is 23.8 Å². The van der Waals surface area contributed by atoms with Crippen molar-refractivity contribution in [2.24, 2.45) is 0 Å². The van der Waals surface area contributed by atoms with Crippen LogP contribution in [0.4, 0.5) is 5.82 Å². The first-order chi connectivity index (χ1) is 10.0. The number of aromatic nitrogens is 2.